The second-order valence-corrected chi connectivity index (χ2v) is 12.2. The number of Topliss-reactive ketones (excluding diaryl/α,β-unsaturated/α-hetero) is 1. The van der Waals surface area contributed by atoms with E-state index >= 15 is 0 Å². The molecule has 176 valence electrons. The van der Waals surface area contributed by atoms with Crippen LogP contribution in [-0.2, 0) is 4.79 Å². The van der Waals surface area contributed by atoms with Crippen LogP contribution >= 0.6 is 0 Å². The number of ketones is 1. The fourth-order valence-corrected chi connectivity index (χ4v) is 8.09. The van der Waals surface area contributed by atoms with Gasteiger partial charge in [-0.3, -0.25) is 4.79 Å². The van der Waals surface area contributed by atoms with E-state index in [1.54, 1.807) is 0 Å². The minimum Gasteiger partial charge on any atom is -0.393 e. The average molecular weight is 435 g/mol. The lowest BCUT2D eigenvalue weighted by molar-refractivity contribution is -0.215. The zero-order valence-electron chi connectivity index (χ0n) is 19.9. The van der Waals surface area contributed by atoms with E-state index in [0.29, 0.717) is 48.2 Å². The number of hydrogen-bond acceptors (Lipinski definition) is 5. The predicted molar refractivity (Wildman–Crippen MR) is 119 cm³/mol. The Balaban J connectivity index is 1.76. The molecule has 0 aromatic rings. The standard InChI is InChI=1S/C26H42O5/c1-14(2)6-7-15(3)17-8-9-18-20-21(19(28)13-24(17,18)4)25(5)11-10-16(27)12-26(25,31)23(30)22(20)29/h14-18,22-23,27,29-31H,6-13H2,1-5H3/t15?,16-,17?,18-,22-,23+,24+,25+,26-/m0/s1. The Bertz CT molecular complexity index is 774. The summed E-state index contributed by atoms with van der Waals surface area (Å²) in [4.78, 5) is 13.7. The van der Waals surface area contributed by atoms with Crippen LogP contribution in [0.5, 0.6) is 0 Å². The zero-order chi connectivity index (χ0) is 22.9. The Morgan fingerprint density at radius 2 is 1.71 bits per heavy atom. The molecule has 4 aliphatic rings. The van der Waals surface area contributed by atoms with Crippen molar-refractivity contribution in [2.75, 3.05) is 0 Å². The third-order valence-corrected chi connectivity index (χ3v) is 9.92. The zero-order valence-corrected chi connectivity index (χ0v) is 19.9. The molecule has 0 bridgehead atoms. The first-order valence-electron chi connectivity index (χ1n) is 12.4. The maximum Gasteiger partial charge on any atom is 0.160 e. The Hall–Kier alpha value is -0.750. The first kappa shape index (κ1) is 23.4. The molecule has 0 saturated heterocycles. The van der Waals surface area contributed by atoms with Gasteiger partial charge in [-0.05, 0) is 60.3 Å². The summed E-state index contributed by atoms with van der Waals surface area (Å²) in [6, 6.07) is 0. The molecule has 4 rings (SSSR count). The van der Waals surface area contributed by atoms with Crippen LogP contribution < -0.4 is 0 Å². The van der Waals surface area contributed by atoms with Crippen molar-refractivity contribution in [3.63, 3.8) is 0 Å². The van der Waals surface area contributed by atoms with Gasteiger partial charge in [0.25, 0.3) is 0 Å². The third kappa shape index (κ3) is 3.21. The molecule has 9 atom stereocenters. The van der Waals surface area contributed by atoms with E-state index in [4.69, 9.17) is 0 Å². The number of carbonyl (C=O) groups excluding carboxylic acids is 1. The molecule has 0 aromatic carbocycles. The van der Waals surface area contributed by atoms with Crippen molar-refractivity contribution in [3.05, 3.63) is 11.1 Å². The SMILES string of the molecule is CC(C)CCC(C)C1CC[C@H]2C3=C(C(=O)C[C@]12C)[C@@]1(C)CC[C@H](O)C[C@]1(O)[C@H](O)[C@H]3O. The second kappa shape index (κ2) is 7.65. The van der Waals surface area contributed by atoms with Crippen LogP contribution in [-0.4, -0.2) is 50.1 Å². The quantitative estimate of drug-likeness (QED) is 0.544. The summed E-state index contributed by atoms with van der Waals surface area (Å²) < 4.78 is 0. The fraction of sp³-hybridized carbons (Fsp3) is 0.885. The van der Waals surface area contributed by atoms with Crippen molar-refractivity contribution < 1.29 is 25.2 Å². The molecular formula is C26H42O5. The van der Waals surface area contributed by atoms with Gasteiger partial charge in [0.1, 0.15) is 17.8 Å². The van der Waals surface area contributed by atoms with Crippen LogP contribution in [0.3, 0.4) is 0 Å². The van der Waals surface area contributed by atoms with Gasteiger partial charge in [0.2, 0.25) is 0 Å². The highest BCUT2D eigenvalue weighted by Crippen LogP contribution is 2.66. The van der Waals surface area contributed by atoms with Crippen LogP contribution in [0.15, 0.2) is 11.1 Å². The van der Waals surface area contributed by atoms with Crippen molar-refractivity contribution in [2.24, 2.45) is 34.5 Å². The van der Waals surface area contributed by atoms with Gasteiger partial charge in [-0.2, -0.15) is 0 Å². The summed E-state index contributed by atoms with van der Waals surface area (Å²) in [5.41, 5.74) is -1.56. The first-order chi connectivity index (χ1) is 14.4. The Labute approximate surface area is 186 Å². The maximum absolute atomic E-state index is 13.7. The maximum atomic E-state index is 13.7. The van der Waals surface area contributed by atoms with E-state index in [2.05, 4.69) is 27.7 Å². The summed E-state index contributed by atoms with van der Waals surface area (Å²) in [5.74, 6) is 1.67. The van der Waals surface area contributed by atoms with E-state index in [9.17, 15) is 25.2 Å². The van der Waals surface area contributed by atoms with Crippen LogP contribution in [0.25, 0.3) is 0 Å². The fourth-order valence-electron chi connectivity index (χ4n) is 8.09. The van der Waals surface area contributed by atoms with Gasteiger partial charge < -0.3 is 20.4 Å². The van der Waals surface area contributed by atoms with Gasteiger partial charge in [-0.1, -0.05) is 47.5 Å². The lowest BCUT2D eigenvalue weighted by Gasteiger charge is -2.60. The van der Waals surface area contributed by atoms with Crippen LogP contribution in [0.2, 0.25) is 0 Å². The molecule has 2 unspecified atom stereocenters. The molecule has 5 heteroatoms. The molecule has 5 nitrogen and oxygen atoms in total. The molecule has 2 fully saturated rings. The number of rotatable bonds is 4. The van der Waals surface area contributed by atoms with Crippen molar-refractivity contribution in [2.45, 2.75) is 110 Å². The number of hydrogen-bond donors (Lipinski definition) is 4. The van der Waals surface area contributed by atoms with Gasteiger partial charge in [-0.15, -0.1) is 0 Å². The molecule has 0 radical (unpaired) electrons. The Kier molecular flexibility index (Phi) is 5.77. The highest BCUT2D eigenvalue weighted by Gasteiger charge is 2.67. The Morgan fingerprint density at radius 1 is 1.03 bits per heavy atom. The van der Waals surface area contributed by atoms with Crippen molar-refractivity contribution in [1.82, 2.24) is 0 Å². The van der Waals surface area contributed by atoms with E-state index in [0.717, 1.165) is 19.3 Å². The number of aliphatic hydroxyl groups is 4. The van der Waals surface area contributed by atoms with E-state index in [-0.39, 0.29) is 23.5 Å². The third-order valence-electron chi connectivity index (χ3n) is 9.92. The minimum absolute atomic E-state index is 0.0113. The smallest absolute Gasteiger partial charge is 0.160 e. The monoisotopic (exact) mass is 434 g/mol. The Morgan fingerprint density at radius 3 is 2.35 bits per heavy atom. The minimum atomic E-state index is -1.69. The summed E-state index contributed by atoms with van der Waals surface area (Å²) in [6.45, 7) is 10.9. The van der Waals surface area contributed by atoms with Crippen LogP contribution in [0.4, 0.5) is 0 Å². The molecule has 4 aliphatic carbocycles. The summed E-state index contributed by atoms with van der Waals surface area (Å²) >= 11 is 0. The van der Waals surface area contributed by atoms with Gasteiger partial charge in [-0.25, -0.2) is 0 Å². The van der Waals surface area contributed by atoms with Crippen LogP contribution in [0.1, 0.15) is 86.0 Å². The highest BCUT2D eigenvalue weighted by atomic mass is 16.4. The van der Waals surface area contributed by atoms with E-state index in [1.165, 1.54) is 6.42 Å². The lowest BCUT2D eigenvalue weighted by atomic mass is 9.47. The molecule has 0 aromatic heterocycles. The van der Waals surface area contributed by atoms with Crippen molar-refractivity contribution >= 4 is 5.78 Å². The topological polar surface area (TPSA) is 98.0 Å². The number of fused-ring (bicyclic) bond motifs is 4. The summed E-state index contributed by atoms with van der Waals surface area (Å²) in [6.07, 6.45) is 2.26. The molecular weight excluding hydrogens is 392 g/mol. The van der Waals surface area contributed by atoms with Gasteiger partial charge in [0, 0.05) is 23.8 Å². The summed E-state index contributed by atoms with van der Waals surface area (Å²) in [5, 5.41) is 44.1. The van der Waals surface area contributed by atoms with E-state index in [1.807, 2.05) is 6.92 Å². The molecule has 0 aliphatic heterocycles. The molecule has 2 saturated carbocycles. The molecule has 0 heterocycles. The van der Waals surface area contributed by atoms with Crippen molar-refractivity contribution in [3.8, 4) is 0 Å². The normalized spacial score (nSPS) is 48.5. The largest absolute Gasteiger partial charge is 0.393 e. The van der Waals surface area contributed by atoms with Gasteiger partial charge >= 0.3 is 0 Å². The van der Waals surface area contributed by atoms with E-state index < -0.39 is 29.3 Å². The highest BCUT2D eigenvalue weighted by molar-refractivity contribution is 6.00. The molecule has 4 N–H and O–H groups in total. The summed E-state index contributed by atoms with van der Waals surface area (Å²) in [7, 11) is 0. The predicted octanol–water partition coefficient (Wildman–Crippen LogP) is 3.38. The van der Waals surface area contributed by atoms with Gasteiger partial charge in [0.15, 0.2) is 5.78 Å². The van der Waals surface area contributed by atoms with Crippen molar-refractivity contribution in [1.29, 1.82) is 0 Å². The number of carbonyl (C=O) groups is 1. The van der Waals surface area contributed by atoms with Crippen LogP contribution in [0, 0.1) is 34.5 Å². The van der Waals surface area contributed by atoms with Gasteiger partial charge in [0.05, 0.1) is 6.10 Å². The molecule has 31 heavy (non-hydrogen) atoms. The second-order valence-electron chi connectivity index (χ2n) is 12.2. The lowest BCUT2D eigenvalue weighted by Crippen LogP contribution is -2.68. The molecule has 0 spiro atoms. The average Bonchev–Trinajstić information content (AvgIpc) is 3.02. The number of aliphatic hydroxyl groups excluding tert-OH is 3. The first-order valence-corrected chi connectivity index (χ1v) is 12.4. The molecule has 0 amide bonds.